The fraction of sp³-hybridized carbons (Fsp3) is 0.429. The molecule has 0 aliphatic carbocycles. The number of benzene rings is 1. The van der Waals surface area contributed by atoms with Crippen LogP contribution in [0.5, 0.6) is 0 Å². The molecule has 1 aromatic rings. The predicted octanol–water partition coefficient (Wildman–Crippen LogP) is 2.00. The lowest BCUT2D eigenvalue weighted by Gasteiger charge is -2.14. The van der Waals surface area contributed by atoms with Gasteiger partial charge in [0, 0.05) is 5.69 Å². The van der Waals surface area contributed by atoms with Gasteiger partial charge >= 0.3 is 5.97 Å². The molecule has 110 valence electrons. The summed E-state index contributed by atoms with van der Waals surface area (Å²) in [5, 5.41) is 14.2. The number of carbonyl (C=O) groups is 2. The van der Waals surface area contributed by atoms with Crippen molar-refractivity contribution >= 4 is 17.6 Å². The van der Waals surface area contributed by atoms with E-state index in [4.69, 9.17) is 5.11 Å². The number of anilines is 1. The highest BCUT2D eigenvalue weighted by molar-refractivity contribution is 5.86. The smallest absolute Gasteiger partial charge is 0.326 e. The molecular weight excluding hydrogens is 263 g/mol. The Hall–Kier alpha value is -2.11. The van der Waals surface area contributed by atoms with E-state index in [-0.39, 0.29) is 6.54 Å². The van der Waals surface area contributed by atoms with Crippen molar-refractivity contribution in [3.05, 3.63) is 30.1 Å². The van der Waals surface area contributed by atoms with Crippen molar-refractivity contribution in [1.29, 1.82) is 0 Å². The van der Waals surface area contributed by atoms with Crippen LogP contribution in [0.2, 0.25) is 0 Å². The molecule has 5 nitrogen and oxygen atoms in total. The number of rotatable bonds is 8. The maximum atomic E-state index is 12.9. The number of nitrogens with one attached hydrogen (secondary N) is 2. The van der Waals surface area contributed by atoms with Gasteiger partial charge in [0.2, 0.25) is 5.91 Å². The van der Waals surface area contributed by atoms with Crippen LogP contribution >= 0.6 is 0 Å². The van der Waals surface area contributed by atoms with Crippen molar-refractivity contribution < 1.29 is 19.1 Å². The zero-order chi connectivity index (χ0) is 15.0. The SMILES string of the molecule is CCCCC(NC(=O)CNc1cccc(F)c1)C(=O)O. The summed E-state index contributed by atoms with van der Waals surface area (Å²) < 4.78 is 12.9. The molecule has 1 atom stereocenters. The van der Waals surface area contributed by atoms with Gasteiger partial charge in [-0.05, 0) is 24.6 Å². The Morgan fingerprint density at radius 2 is 2.15 bits per heavy atom. The van der Waals surface area contributed by atoms with Crippen LogP contribution < -0.4 is 10.6 Å². The minimum atomic E-state index is -1.04. The third-order valence-corrected chi connectivity index (χ3v) is 2.76. The first-order valence-corrected chi connectivity index (χ1v) is 6.54. The third kappa shape index (κ3) is 5.69. The highest BCUT2D eigenvalue weighted by Gasteiger charge is 2.18. The molecule has 1 rings (SSSR count). The van der Waals surface area contributed by atoms with Crippen molar-refractivity contribution in [2.24, 2.45) is 0 Å². The zero-order valence-corrected chi connectivity index (χ0v) is 11.4. The molecule has 0 heterocycles. The van der Waals surface area contributed by atoms with Gasteiger partial charge < -0.3 is 15.7 Å². The van der Waals surface area contributed by atoms with Gasteiger partial charge in [0.15, 0.2) is 0 Å². The molecule has 0 fully saturated rings. The first-order chi connectivity index (χ1) is 9.52. The maximum absolute atomic E-state index is 12.9. The normalized spacial score (nSPS) is 11.7. The topological polar surface area (TPSA) is 78.4 Å². The molecule has 0 saturated heterocycles. The summed E-state index contributed by atoms with van der Waals surface area (Å²) in [5.74, 6) is -1.88. The van der Waals surface area contributed by atoms with Crippen molar-refractivity contribution in [1.82, 2.24) is 5.32 Å². The molecule has 0 radical (unpaired) electrons. The van der Waals surface area contributed by atoms with Gasteiger partial charge in [-0.1, -0.05) is 25.8 Å². The molecular formula is C14H19FN2O3. The summed E-state index contributed by atoms with van der Waals surface area (Å²) >= 11 is 0. The minimum absolute atomic E-state index is 0.0979. The Kier molecular flexibility index (Phi) is 6.49. The predicted molar refractivity (Wildman–Crippen MR) is 74.0 cm³/mol. The fourth-order valence-electron chi connectivity index (χ4n) is 1.69. The van der Waals surface area contributed by atoms with E-state index < -0.39 is 23.7 Å². The molecule has 1 unspecified atom stereocenters. The van der Waals surface area contributed by atoms with Gasteiger partial charge in [-0.2, -0.15) is 0 Å². The van der Waals surface area contributed by atoms with Gasteiger partial charge in [0.1, 0.15) is 11.9 Å². The number of aliphatic carboxylic acids is 1. The van der Waals surface area contributed by atoms with Crippen LogP contribution in [-0.2, 0) is 9.59 Å². The van der Waals surface area contributed by atoms with Crippen LogP contribution in [0.25, 0.3) is 0 Å². The summed E-state index contributed by atoms with van der Waals surface area (Å²) in [7, 11) is 0. The van der Waals surface area contributed by atoms with E-state index in [0.717, 1.165) is 12.8 Å². The number of unbranched alkanes of at least 4 members (excludes halogenated alkanes) is 1. The lowest BCUT2D eigenvalue weighted by atomic mass is 10.1. The molecule has 0 aliphatic rings. The van der Waals surface area contributed by atoms with Gasteiger partial charge in [-0.3, -0.25) is 4.79 Å². The molecule has 1 amide bonds. The molecule has 0 aromatic heterocycles. The van der Waals surface area contributed by atoms with E-state index in [2.05, 4.69) is 10.6 Å². The minimum Gasteiger partial charge on any atom is -0.480 e. The Labute approximate surface area is 117 Å². The Morgan fingerprint density at radius 1 is 1.40 bits per heavy atom. The second kappa shape index (κ2) is 8.14. The van der Waals surface area contributed by atoms with Gasteiger partial charge in [-0.25, -0.2) is 9.18 Å². The second-order valence-electron chi connectivity index (χ2n) is 4.46. The molecule has 6 heteroatoms. The van der Waals surface area contributed by atoms with Crippen LogP contribution in [0.3, 0.4) is 0 Å². The van der Waals surface area contributed by atoms with Gasteiger partial charge in [0.25, 0.3) is 0 Å². The second-order valence-corrected chi connectivity index (χ2v) is 4.46. The van der Waals surface area contributed by atoms with E-state index >= 15 is 0 Å². The summed E-state index contributed by atoms with van der Waals surface area (Å²) in [6.07, 6.45) is 1.99. The molecule has 0 saturated carbocycles. The zero-order valence-electron chi connectivity index (χ0n) is 11.4. The Bertz CT molecular complexity index is 465. The molecule has 0 aliphatic heterocycles. The highest BCUT2D eigenvalue weighted by atomic mass is 19.1. The van der Waals surface area contributed by atoms with Gasteiger partial charge in [-0.15, -0.1) is 0 Å². The summed E-state index contributed by atoms with van der Waals surface area (Å²) in [6.45, 7) is 1.85. The van der Waals surface area contributed by atoms with E-state index in [1.54, 1.807) is 6.07 Å². The molecule has 3 N–H and O–H groups in total. The van der Waals surface area contributed by atoms with Crippen molar-refractivity contribution in [2.75, 3.05) is 11.9 Å². The molecule has 20 heavy (non-hydrogen) atoms. The maximum Gasteiger partial charge on any atom is 0.326 e. The average molecular weight is 282 g/mol. The summed E-state index contributed by atoms with van der Waals surface area (Å²) in [5.41, 5.74) is 0.473. The Morgan fingerprint density at radius 3 is 2.75 bits per heavy atom. The van der Waals surface area contributed by atoms with Crippen LogP contribution in [0.15, 0.2) is 24.3 Å². The number of amides is 1. The lowest BCUT2D eigenvalue weighted by molar-refractivity contribution is -0.141. The average Bonchev–Trinajstić information content (AvgIpc) is 2.41. The third-order valence-electron chi connectivity index (χ3n) is 2.76. The van der Waals surface area contributed by atoms with E-state index in [1.807, 2.05) is 6.92 Å². The van der Waals surface area contributed by atoms with Gasteiger partial charge in [0.05, 0.1) is 6.54 Å². The van der Waals surface area contributed by atoms with Crippen molar-refractivity contribution in [3.63, 3.8) is 0 Å². The van der Waals surface area contributed by atoms with Crippen molar-refractivity contribution in [2.45, 2.75) is 32.2 Å². The number of carbonyl (C=O) groups excluding carboxylic acids is 1. The lowest BCUT2D eigenvalue weighted by Crippen LogP contribution is -2.43. The van der Waals surface area contributed by atoms with E-state index in [1.165, 1.54) is 18.2 Å². The van der Waals surface area contributed by atoms with E-state index in [0.29, 0.717) is 12.1 Å². The number of halogens is 1. The van der Waals surface area contributed by atoms with Crippen molar-refractivity contribution in [3.8, 4) is 0 Å². The number of carboxylic acid groups (broad SMARTS) is 1. The first kappa shape index (κ1) is 15.9. The van der Waals surface area contributed by atoms with Crippen LogP contribution in [0.1, 0.15) is 26.2 Å². The van der Waals surface area contributed by atoms with Crippen LogP contribution in [0.4, 0.5) is 10.1 Å². The fourth-order valence-corrected chi connectivity index (χ4v) is 1.69. The monoisotopic (exact) mass is 282 g/mol. The van der Waals surface area contributed by atoms with E-state index in [9.17, 15) is 14.0 Å². The van der Waals surface area contributed by atoms with Crippen LogP contribution in [0, 0.1) is 5.82 Å². The molecule has 0 spiro atoms. The largest absolute Gasteiger partial charge is 0.480 e. The highest BCUT2D eigenvalue weighted by Crippen LogP contribution is 2.08. The summed E-state index contributed by atoms with van der Waals surface area (Å²) in [6, 6.07) is 4.84. The summed E-state index contributed by atoms with van der Waals surface area (Å²) in [4.78, 5) is 22.6. The first-order valence-electron chi connectivity index (χ1n) is 6.54. The van der Waals surface area contributed by atoms with Crippen LogP contribution in [-0.4, -0.2) is 29.6 Å². The quantitative estimate of drug-likeness (QED) is 0.681. The number of carboxylic acids is 1. The Balaban J connectivity index is 2.43. The number of hydrogen-bond acceptors (Lipinski definition) is 3. The standard InChI is InChI=1S/C14H19FN2O3/c1-2-3-7-12(14(19)20)17-13(18)9-16-11-6-4-5-10(15)8-11/h4-6,8,12,16H,2-3,7,9H2,1H3,(H,17,18)(H,19,20). The number of hydrogen-bond donors (Lipinski definition) is 3. The molecule has 1 aromatic carbocycles. The molecule has 0 bridgehead atoms.